The van der Waals surface area contributed by atoms with Gasteiger partial charge in [-0.3, -0.25) is 4.79 Å². The van der Waals surface area contributed by atoms with Gasteiger partial charge in [0.05, 0.1) is 15.7 Å². The van der Waals surface area contributed by atoms with Gasteiger partial charge in [0.1, 0.15) is 5.82 Å². The standard InChI is InChI=1S/C14H9BrFN5O2S/c15-9-5-8(1-2-10(9)16)18-12(17)11-13(21-23-20-11)19-14(22)7-3-4-24-6-7/h1-6H,(H2,17,18)(H,19,21,22). The number of benzene rings is 1. The zero-order chi connectivity index (χ0) is 17.1. The summed E-state index contributed by atoms with van der Waals surface area (Å²) in [6, 6.07) is 5.82. The molecule has 7 nitrogen and oxygen atoms in total. The maximum Gasteiger partial charge on any atom is 0.257 e. The van der Waals surface area contributed by atoms with Gasteiger partial charge in [-0.15, -0.1) is 0 Å². The van der Waals surface area contributed by atoms with Gasteiger partial charge in [0.2, 0.25) is 5.82 Å². The van der Waals surface area contributed by atoms with Crippen molar-refractivity contribution in [2.24, 2.45) is 10.7 Å². The third-order valence-electron chi connectivity index (χ3n) is 2.90. The van der Waals surface area contributed by atoms with E-state index >= 15 is 0 Å². The summed E-state index contributed by atoms with van der Waals surface area (Å²) in [5.74, 6) is -0.770. The summed E-state index contributed by atoms with van der Waals surface area (Å²) >= 11 is 4.46. The number of rotatable bonds is 4. The number of carbonyl (C=O) groups is 1. The molecule has 0 unspecified atom stereocenters. The molecule has 0 saturated heterocycles. The number of hydrogen-bond acceptors (Lipinski definition) is 6. The average molecular weight is 410 g/mol. The molecule has 0 saturated carbocycles. The van der Waals surface area contributed by atoms with Crippen LogP contribution in [0.5, 0.6) is 0 Å². The number of hydrogen-bond donors (Lipinski definition) is 2. The van der Waals surface area contributed by atoms with E-state index in [9.17, 15) is 9.18 Å². The summed E-state index contributed by atoms with van der Waals surface area (Å²) in [6.45, 7) is 0. The summed E-state index contributed by atoms with van der Waals surface area (Å²) in [4.78, 5) is 16.2. The van der Waals surface area contributed by atoms with Crippen molar-refractivity contribution in [1.29, 1.82) is 0 Å². The van der Waals surface area contributed by atoms with E-state index in [1.165, 1.54) is 29.5 Å². The average Bonchev–Trinajstić information content (AvgIpc) is 3.22. The van der Waals surface area contributed by atoms with Gasteiger partial charge in [-0.1, -0.05) is 0 Å². The zero-order valence-corrected chi connectivity index (χ0v) is 14.3. The van der Waals surface area contributed by atoms with Gasteiger partial charge in [0.25, 0.3) is 5.91 Å². The lowest BCUT2D eigenvalue weighted by Crippen LogP contribution is -2.19. The van der Waals surface area contributed by atoms with Crippen LogP contribution in [0.4, 0.5) is 15.9 Å². The predicted molar refractivity (Wildman–Crippen MR) is 91.1 cm³/mol. The van der Waals surface area contributed by atoms with Gasteiger partial charge in [-0.05, 0) is 55.9 Å². The SMILES string of the molecule is NC(=Nc1ccc(F)c(Br)c1)c1nonc1NC(=O)c1ccsc1. The lowest BCUT2D eigenvalue weighted by molar-refractivity contribution is 0.102. The van der Waals surface area contributed by atoms with E-state index in [0.717, 1.165) is 0 Å². The van der Waals surface area contributed by atoms with Crippen LogP contribution >= 0.6 is 27.3 Å². The molecule has 24 heavy (non-hydrogen) atoms. The second-order valence-electron chi connectivity index (χ2n) is 4.52. The summed E-state index contributed by atoms with van der Waals surface area (Å²) in [6.07, 6.45) is 0. The van der Waals surface area contributed by atoms with Crippen LogP contribution in [0.2, 0.25) is 0 Å². The Labute approximate surface area is 147 Å². The number of thiophene rings is 1. The van der Waals surface area contributed by atoms with Crippen molar-refractivity contribution in [2.45, 2.75) is 0 Å². The second-order valence-corrected chi connectivity index (χ2v) is 6.16. The third kappa shape index (κ3) is 3.49. The highest BCUT2D eigenvalue weighted by molar-refractivity contribution is 9.10. The van der Waals surface area contributed by atoms with Gasteiger partial charge >= 0.3 is 0 Å². The quantitative estimate of drug-likeness (QED) is 0.507. The zero-order valence-electron chi connectivity index (χ0n) is 11.9. The minimum Gasteiger partial charge on any atom is -0.382 e. The molecular formula is C14H9BrFN5O2S. The lowest BCUT2D eigenvalue weighted by atomic mass is 10.3. The van der Waals surface area contributed by atoms with E-state index in [1.54, 1.807) is 16.8 Å². The second kappa shape index (κ2) is 6.89. The number of nitrogens with one attached hydrogen (secondary N) is 1. The number of amides is 1. The molecule has 0 aliphatic heterocycles. The topological polar surface area (TPSA) is 106 Å². The first-order valence-electron chi connectivity index (χ1n) is 6.50. The first-order chi connectivity index (χ1) is 11.5. The molecule has 2 heterocycles. The first kappa shape index (κ1) is 16.3. The molecule has 3 rings (SSSR count). The predicted octanol–water partition coefficient (Wildman–Crippen LogP) is 3.32. The number of aromatic nitrogens is 2. The summed E-state index contributed by atoms with van der Waals surface area (Å²) < 4.78 is 18.1. The summed E-state index contributed by atoms with van der Waals surface area (Å²) in [5.41, 5.74) is 6.85. The molecule has 0 aliphatic rings. The van der Waals surface area contributed by atoms with Crippen LogP contribution in [0.25, 0.3) is 0 Å². The maximum atomic E-state index is 13.2. The van der Waals surface area contributed by atoms with Gasteiger partial charge in [-0.25, -0.2) is 14.0 Å². The van der Waals surface area contributed by atoms with E-state index in [-0.39, 0.29) is 27.7 Å². The van der Waals surface area contributed by atoms with E-state index in [0.29, 0.717) is 11.3 Å². The molecule has 1 aromatic carbocycles. The molecule has 2 aromatic heterocycles. The highest BCUT2D eigenvalue weighted by atomic mass is 79.9. The summed E-state index contributed by atoms with van der Waals surface area (Å²) in [5, 5.41) is 13.3. The minimum absolute atomic E-state index is 0.0321. The van der Waals surface area contributed by atoms with Crippen LogP contribution in [0.3, 0.4) is 0 Å². The largest absolute Gasteiger partial charge is 0.382 e. The Kier molecular flexibility index (Phi) is 4.67. The number of nitrogens with two attached hydrogens (primary N) is 1. The normalized spacial score (nSPS) is 11.5. The molecule has 0 bridgehead atoms. The number of halogens is 2. The monoisotopic (exact) mass is 409 g/mol. The molecule has 3 aromatic rings. The van der Waals surface area contributed by atoms with Crippen molar-refractivity contribution in [3.8, 4) is 0 Å². The molecule has 0 spiro atoms. The van der Waals surface area contributed by atoms with Crippen molar-refractivity contribution >= 4 is 50.5 Å². The van der Waals surface area contributed by atoms with Crippen molar-refractivity contribution < 1.29 is 13.8 Å². The van der Waals surface area contributed by atoms with Gasteiger partial charge in [-0.2, -0.15) is 11.3 Å². The van der Waals surface area contributed by atoms with Gasteiger partial charge in [0, 0.05) is 5.38 Å². The Hall–Kier alpha value is -2.59. The van der Waals surface area contributed by atoms with Crippen LogP contribution in [-0.2, 0) is 0 Å². The van der Waals surface area contributed by atoms with Crippen molar-refractivity contribution in [3.05, 3.63) is 56.6 Å². The number of amidine groups is 1. The molecule has 0 radical (unpaired) electrons. The molecule has 1 amide bonds. The van der Waals surface area contributed by atoms with Crippen LogP contribution < -0.4 is 11.1 Å². The Balaban J connectivity index is 1.84. The summed E-state index contributed by atoms with van der Waals surface area (Å²) in [7, 11) is 0. The fraction of sp³-hybridized carbons (Fsp3) is 0. The minimum atomic E-state index is -0.417. The maximum absolute atomic E-state index is 13.2. The van der Waals surface area contributed by atoms with Gasteiger partial charge in [0.15, 0.2) is 11.5 Å². The van der Waals surface area contributed by atoms with E-state index in [2.05, 4.69) is 41.2 Å². The Bertz CT molecular complexity index is 910. The van der Waals surface area contributed by atoms with E-state index in [4.69, 9.17) is 5.73 Å². The Morgan fingerprint density at radius 2 is 2.21 bits per heavy atom. The lowest BCUT2D eigenvalue weighted by Gasteiger charge is -2.02. The van der Waals surface area contributed by atoms with Crippen LogP contribution in [0, 0.1) is 5.82 Å². The number of nitrogens with zero attached hydrogens (tertiary/aromatic N) is 3. The fourth-order valence-electron chi connectivity index (χ4n) is 1.76. The van der Waals surface area contributed by atoms with Crippen LogP contribution in [-0.4, -0.2) is 22.1 Å². The van der Waals surface area contributed by atoms with Crippen molar-refractivity contribution in [2.75, 3.05) is 5.32 Å². The molecular weight excluding hydrogens is 401 g/mol. The van der Waals surface area contributed by atoms with Crippen molar-refractivity contribution in [3.63, 3.8) is 0 Å². The molecule has 10 heteroatoms. The van der Waals surface area contributed by atoms with Crippen LogP contribution in [0.15, 0.2) is 49.1 Å². The van der Waals surface area contributed by atoms with Crippen LogP contribution in [0.1, 0.15) is 16.1 Å². The van der Waals surface area contributed by atoms with Gasteiger partial charge < -0.3 is 11.1 Å². The van der Waals surface area contributed by atoms with E-state index < -0.39 is 5.82 Å². The van der Waals surface area contributed by atoms with Crippen molar-refractivity contribution in [1.82, 2.24) is 10.3 Å². The molecule has 0 fully saturated rings. The Morgan fingerprint density at radius 1 is 1.38 bits per heavy atom. The smallest absolute Gasteiger partial charge is 0.257 e. The number of aliphatic imine (C=N–C) groups is 1. The molecule has 3 N–H and O–H groups in total. The molecule has 122 valence electrons. The number of anilines is 1. The van der Waals surface area contributed by atoms with E-state index in [1.807, 2.05) is 0 Å². The Morgan fingerprint density at radius 3 is 2.92 bits per heavy atom. The molecule has 0 aliphatic carbocycles. The highest BCUT2D eigenvalue weighted by Crippen LogP contribution is 2.23. The first-order valence-corrected chi connectivity index (χ1v) is 8.24. The third-order valence-corrected chi connectivity index (χ3v) is 4.19. The number of carbonyl (C=O) groups excluding carboxylic acids is 1. The molecule has 0 atom stereocenters. The highest BCUT2D eigenvalue weighted by Gasteiger charge is 2.17. The fourth-order valence-corrected chi connectivity index (χ4v) is 2.76.